The zero-order chi connectivity index (χ0) is 19.4. The Morgan fingerprint density at radius 1 is 0.640 bits per heavy atom. The van der Waals surface area contributed by atoms with Gasteiger partial charge in [0, 0.05) is 32.5 Å². The maximum absolute atomic E-state index is 9.68. The third-order valence-electron chi connectivity index (χ3n) is 3.51. The quantitative estimate of drug-likeness (QED) is 0.129. The maximum Gasteiger partial charge on any atom is 0.0900 e. The van der Waals surface area contributed by atoms with E-state index in [1.807, 2.05) is 6.66 Å². The van der Waals surface area contributed by atoms with Crippen LogP contribution < -0.4 is 0 Å². The van der Waals surface area contributed by atoms with Crippen LogP contribution in [0.5, 0.6) is 0 Å². The summed E-state index contributed by atoms with van der Waals surface area (Å²) < 4.78 is 1.74. The first-order chi connectivity index (χ1) is 11.8. The van der Waals surface area contributed by atoms with Gasteiger partial charge in [0.25, 0.3) is 0 Å². The van der Waals surface area contributed by atoms with Gasteiger partial charge in [0.05, 0.1) is 50.8 Å². The summed E-state index contributed by atoms with van der Waals surface area (Å²) in [7, 11) is -0.999. The number of hydrogen-bond donors (Lipinski definition) is 8. The van der Waals surface area contributed by atoms with Crippen molar-refractivity contribution in [3.8, 4) is 0 Å². The second-order valence-corrected chi connectivity index (χ2v) is 8.22. The van der Waals surface area contributed by atoms with Gasteiger partial charge in [0.15, 0.2) is 0 Å². The first-order valence-electron chi connectivity index (χ1n) is 8.11. The lowest BCUT2D eigenvalue weighted by Gasteiger charge is -2.36. The third kappa shape index (κ3) is 11.4. The van der Waals surface area contributed by atoms with E-state index in [1.165, 1.54) is 0 Å². The van der Waals surface area contributed by atoms with Crippen molar-refractivity contribution in [2.45, 2.75) is 24.4 Å². The SMILES string of the molecule is CP(CN(CC(O)CO)CC(O)CO)N(CC(O)CO)CC(O)CO. The molecule has 0 aromatic carbocycles. The van der Waals surface area contributed by atoms with Gasteiger partial charge in [-0.25, -0.2) is 0 Å². The molecule has 0 heterocycles. The number of hydrogen-bond acceptors (Lipinski definition) is 10. The summed E-state index contributed by atoms with van der Waals surface area (Å²) in [4.78, 5) is 1.68. The Balaban J connectivity index is 4.95. The molecule has 0 bridgehead atoms. The molecule has 0 aliphatic heterocycles. The number of aliphatic hydroxyl groups is 8. The molecule has 8 N–H and O–H groups in total. The molecule has 0 aromatic rings. The van der Waals surface area contributed by atoms with Gasteiger partial charge in [0.1, 0.15) is 0 Å². The summed E-state index contributed by atoms with van der Waals surface area (Å²) in [6, 6.07) is 0. The summed E-state index contributed by atoms with van der Waals surface area (Å²) in [5.74, 6) is 0. The smallest absolute Gasteiger partial charge is 0.0900 e. The van der Waals surface area contributed by atoms with Crippen LogP contribution in [0.4, 0.5) is 0 Å². The van der Waals surface area contributed by atoms with Gasteiger partial charge in [0.2, 0.25) is 0 Å². The number of rotatable bonds is 15. The Bertz CT molecular complexity index is 307. The highest BCUT2D eigenvalue weighted by atomic mass is 31.1. The van der Waals surface area contributed by atoms with Gasteiger partial charge in [-0.05, 0) is 14.7 Å². The second kappa shape index (κ2) is 14.1. The molecule has 25 heavy (non-hydrogen) atoms. The lowest BCUT2D eigenvalue weighted by molar-refractivity contribution is 0.0285. The van der Waals surface area contributed by atoms with Crippen LogP contribution in [0.3, 0.4) is 0 Å². The summed E-state index contributed by atoms with van der Waals surface area (Å²) in [5.41, 5.74) is 0. The van der Waals surface area contributed by atoms with Crippen LogP contribution in [-0.2, 0) is 0 Å². The van der Waals surface area contributed by atoms with E-state index in [2.05, 4.69) is 0 Å². The van der Waals surface area contributed by atoms with E-state index in [4.69, 9.17) is 20.4 Å². The molecule has 0 aliphatic rings. The van der Waals surface area contributed by atoms with Crippen LogP contribution in [0.1, 0.15) is 0 Å². The van der Waals surface area contributed by atoms with Crippen molar-refractivity contribution in [3.05, 3.63) is 0 Å². The molecule has 10 nitrogen and oxygen atoms in total. The van der Waals surface area contributed by atoms with Crippen molar-refractivity contribution >= 4 is 8.07 Å². The molecule has 0 saturated carbocycles. The topological polar surface area (TPSA) is 168 Å². The van der Waals surface area contributed by atoms with Crippen LogP contribution in [-0.4, -0.2) is 140 Å². The van der Waals surface area contributed by atoms with Crippen LogP contribution in [0, 0.1) is 0 Å². The predicted molar refractivity (Wildman–Crippen MR) is 93.2 cm³/mol. The highest BCUT2D eigenvalue weighted by Crippen LogP contribution is 2.37. The van der Waals surface area contributed by atoms with E-state index in [9.17, 15) is 20.4 Å². The average Bonchev–Trinajstić information content (AvgIpc) is 2.59. The molecule has 5 atom stereocenters. The normalized spacial score (nSPS) is 18.4. The highest BCUT2D eigenvalue weighted by Gasteiger charge is 2.24. The predicted octanol–water partition coefficient (Wildman–Crippen LogP) is -4.01. The lowest BCUT2D eigenvalue weighted by Crippen LogP contribution is -2.43. The zero-order valence-electron chi connectivity index (χ0n) is 14.6. The summed E-state index contributed by atoms with van der Waals surface area (Å²) in [6.45, 7) is 0.443. The summed E-state index contributed by atoms with van der Waals surface area (Å²) in [6.07, 6.45) is -3.66. The fourth-order valence-electron chi connectivity index (χ4n) is 2.24. The van der Waals surface area contributed by atoms with Gasteiger partial charge in [-0.2, -0.15) is 0 Å². The molecule has 0 spiro atoms. The molecular formula is C14H33N2O8P. The molecule has 0 fully saturated rings. The molecule has 5 unspecified atom stereocenters. The van der Waals surface area contributed by atoms with E-state index in [1.54, 1.807) is 9.57 Å². The van der Waals surface area contributed by atoms with Crippen molar-refractivity contribution in [1.82, 2.24) is 9.57 Å². The van der Waals surface area contributed by atoms with Crippen LogP contribution in [0.15, 0.2) is 0 Å². The minimum absolute atomic E-state index is 0.0825. The third-order valence-corrected chi connectivity index (χ3v) is 5.61. The van der Waals surface area contributed by atoms with Gasteiger partial charge < -0.3 is 40.9 Å². The van der Waals surface area contributed by atoms with Crippen molar-refractivity contribution in [2.75, 3.05) is 65.6 Å². The van der Waals surface area contributed by atoms with Crippen molar-refractivity contribution in [3.63, 3.8) is 0 Å². The highest BCUT2D eigenvalue weighted by molar-refractivity contribution is 7.54. The molecule has 0 rings (SSSR count). The van der Waals surface area contributed by atoms with Crippen molar-refractivity contribution in [2.24, 2.45) is 0 Å². The molecule has 0 amide bonds. The minimum Gasteiger partial charge on any atom is -0.394 e. The van der Waals surface area contributed by atoms with Gasteiger partial charge in [-0.3, -0.25) is 9.57 Å². The van der Waals surface area contributed by atoms with Crippen LogP contribution in [0.25, 0.3) is 0 Å². The Kier molecular flexibility index (Phi) is 14.1. The molecule has 0 aliphatic carbocycles. The fraction of sp³-hybridized carbons (Fsp3) is 1.00. The first-order valence-corrected chi connectivity index (χ1v) is 10.0. The van der Waals surface area contributed by atoms with Crippen LogP contribution >= 0.6 is 8.07 Å². The van der Waals surface area contributed by atoms with Gasteiger partial charge in [-0.15, -0.1) is 0 Å². The average molecular weight is 388 g/mol. The van der Waals surface area contributed by atoms with Crippen molar-refractivity contribution in [1.29, 1.82) is 0 Å². The molecule has 0 radical (unpaired) electrons. The van der Waals surface area contributed by atoms with E-state index in [0.29, 0.717) is 6.29 Å². The second-order valence-electron chi connectivity index (χ2n) is 6.05. The van der Waals surface area contributed by atoms with E-state index < -0.39 is 58.9 Å². The minimum atomic E-state index is -1.01. The number of aliphatic hydroxyl groups excluding tert-OH is 8. The zero-order valence-corrected chi connectivity index (χ0v) is 15.5. The summed E-state index contributed by atoms with van der Waals surface area (Å²) in [5, 5.41) is 74.7. The molecular weight excluding hydrogens is 355 g/mol. The Morgan fingerprint density at radius 3 is 1.28 bits per heavy atom. The Labute approximate surface area is 149 Å². The van der Waals surface area contributed by atoms with Gasteiger partial charge in [-0.1, -0.05) is 0 Å². The monoisotopic (exact) mass is 388 g/mol. The standard InChI is InChI=1S/C14H33N2O8P/c1-25(16(4-13(23)8-19)5-14(24)9-20)10-15(2-11(21)6-17)3-12(22)7-18/h11-14,17-24H,2-10H2,1H3. The van der Waals surface area contributed by atoms with E-state index in [0.717, 1.165) is 0 Å². The molecule has 11 heteroatoms. The molecule has 0 aromatic heterocycles. The van der Waals surface area contributed by atoms with Crippen LogP contribution in [0.2, 0.25) is 0 Å². The fourth-order valence-corrected chi connectivity index (χ4v) is 4.16. The van der Waals surface area contributed by atoms with E-state index in [-0.39, 0.29) is 26.2 Å². The first kappa shape index (κ1) is 25.0. The van der Waals surface area contributed by atoms with Crippen molar-refractivity contribution < 1.29 is 40.9 Å². The van der Waals surface area contributed by atoms with Gasteiger partial charge >= 0.3 is 0 Å². The molecule has 152 valence electrons. The number of nitrogens with zero attached hydrogens (tertiary/aromatic N) is 2. The largest absolute Gasteiger partial charge is 0.394 e. The lowest BCUT2D eigenvalue weighted by atomic mass is 10.3. The maximum atomic E-state index is 9.68. The summed E-state index contributed by atoms with van der Waals surface area (Å²) >= 11 is 0. The Hall–Kier alpha value is 0.0300. The van der Waals surface area contributed by atoms with E-state index >= 15 is 0 Å². The Morgan fingerprint density at radius 2 is 0.960 bits per heavy atom. The molecule has 0 saturated heterocycles.